The summed E-state index contributed by atoms with van der Waals surface area (Å²) in [6.07, 6.45) is 1.39. The standard InChI is InChI=1S/C17H23FN6O/c1-17(2,13-5-3-4-6-14(13)18)11-24-16(20-21-22-24)23-9-7-12(8-10-23)15(19)25/h3-6,12H,7-11H2,1-2H3,(H2,19,25). The van der Waals surface area contributed by atoms with E-state index in [-0.39, 0.29) is 17.6 Å². The summed E-state index contributed by atoms with van der Waals surface area (Å²) in [6, 6.07) is 6.76. The van der Waals surface area contributed by atoms with E-state index in [4.69, 9.17) is 5.73 Å². The molecule has 1 aromatic carbocycles. The van der Waals surface area contributed by atoms with E-state index < -0.39 is 5.41 Å². The Kier molecular flexibility index (Phi) is 4.69. The van der Waals surface area contributed by atoms with Crippen LogP contribution >= 0.6 is 0 Å². The van der Waals surface area contributed by atoms with Crippen LogP contribution in [-0.2, 0) is 16.8 Å². The van der Waals surface area contributed by atoms with Gasteiger partial charge in [-0.05, 0) is 34.9 Å². The first-order valence-corrected chi connectivity index (χ1v) is 8.44. The average Bonchev–Trinajstić information content (AvgIpc) is 3.02. The summed E-state index contributed by atoms with van der Waals surface area (Å²) in [5, 5.41) is 12.0. The summed E-state index contributed by atoms with van der Waals surface area (Å²) in [7, 11) is 0. The molecular weight excluding hydrogens is 323 g/mol. The first-order valence-electron chi connectivity index (χ1n) is 8.44. The Labute approximate surface area is 146 Å². The van der Waals surface area contributed by atoms with E-state index in [1.807, 2.05) is 19.9 Å². The number of halogens is 1. The fourth-order valence-corrected chi connectivity index (χ4v) is 3.36. The normalized spacial score (nSPS) is 16.2. The summed E-state index contributed by atoms with van der Waals surface area (Å²) in [6.45, 7) is 5.74. The van der Waals surface area contributed by atoms with Gasteiger partial charge in [0.25, 0.3) is 0 Å². The van der Waals surface area contributed by atoms with Gasteiger partial charge < -0.3 is 10.6 Å². The number of rotatable bonds is 5. The van der Waals surface area contributed by atoms with Crippen molar-refractivity contribution in [3.8, 4) is 0 Å². The maximum absolute atomic E-state index is 14.2. The van der Waals surface area contributed by atoms with Gasteiger partial charge in [0.15, 0.2) is 0 Å². The number of piperidine rings is 1. The van der Waals surface area contributed by atoms with Crippen molar-refractivity contribution in [2.45, 2.75) is 38.6 Å². The van der Waals surface area contributed by atoms with Gasteiger partial charge in [0.1, 0.15) is 5.82 Å². The number of hydrogen-bond donors (Lipinski definition) is 1. The number of aromatic nitrogens is 4. The summed E-state index contributed by atoms with van der Waals surface area (Å²) < 4.78 is 15.9. The molecule has 0 unspecified atom stereocenters. The monoisotopic (exact) mass is 346 g/mol. The second-order valence-corrected chi connectivity index (χ2v) is 7.16. The number of amides is 1. The van der Waals surface area contributed by atoms with Crippen LogP contribution < -0.4 is 10.6 Å². The quantitative estimate of drug-likeness (QED) is 0.886. The Morgan fingerprint density at radius 3 is 2.64 bits per heavy atom. The number of nitrogens with two attached hydrogens (primary N) is 1. The van der Waals surface area contributed by atoms with Gasteiger partial charge in [-0.3, -0.25) is 4.79 Å². The molecule has 7 nitrogen and oxygen atoms in total. The zero-order chi connectivity index (χ0) is 18.0. The molecule has 0 aliphatic carbocycles. The number of benzene rings is 1. The van der Waals surface area contributed by atoms with Crippen molar-refractivity contribution in [2.75, 3.05) is 18.0 Å². The molecule has 1 aliphatic rings. The number of tetrazole rings is 1. The topological polar surface area (TPSA) is 89.9 Å². The molecule has 0 radical (unpaired) electrons. The molecule has 0 atom stereocenters. The number of hydrogen-bond acceptors (Lipinski definition) is 5. The molecular formula is C17H23FN6O. The molecule has 1 fully saturated rings. The second-order valence-electron chi connectivity index (χ2n) is 7.16. The number of carbonyl (C=O) groups is 1. The molecule has 1 amide bonds. The largest absolute Gasteiger partial charge is 0.369 e. The van der Waals surface area contributed by atoms with E-state index in [9.17, 15) is 9.18 Å². The van der Waals surface area contributed by atoms with Gasteiger partial charge in [-0.2, -0.15) is 0 Å². The molecule has 3 rings (SSSR count). The maximum atomic E-state index is 14.2. The van der Waals surface area contributed by atoms with Crippen LogP contribution in [0.15, 0.2) is 24.3 Å². The Morgan fingerprint density at radius 1 is 1.32 bits per heavy atom. The van der Waals surface area contributed by atoms with Crippen LogP contribution in [-0.4, -0.2) is 39.2 Å². The highest BCUT2D eigenvalue weighted by Gasteiger charge is 2.30. The lowest BCUT2D eigenvalue weighted by Crippen LogP contribution is -2.40. The molecule has 1 saturated heterocycles. The molecule has 0 spiro atoms. The van der Waals surface area contributed by atoms with Crippen molar-refractivity contribution in [3.63, 3.8) is 0 Å². The zero-order valence-corrected chi connectivity index (χ0v) is 14.5. The lowest BCUT2D eigenvalue weighted by atomic mass is 9.84. The van der Waals surface area contributed by atoms with Gasteiger partial charge in [-0.25, -0.2) is 9.07 Å². The van der Waals surface area contributed by atoms with Crippen molar-refractivity contribution in [2.24, 2.45) is 11.7 Å². The van der Waals surface area contributed by atoms with Crippen LogP contribution in [0.1, 0.15) is 32.3 Å². The van der Waals surface area contributed by atoms with Gasteiger partial charge in [0.2, 0.25) is 11.9 Å². The van der Waals surface area contributed by atoms with Gasteiger partial charge in [0, 0.05) is 24.4 Å². The zero-order valence-electron chi connectivity index (χ0n) is 14.5. The molecule has 2 aromatic rings. The molecule has 2 N–H and O–H groups in total. The van der Waals surface area contributed by atoms with E-state index >= 15 is 0 Å². The molecule has 25 heavy (non-hydrogen) atoms. The van der Waals surface area contributed by atoms with E-state index in [0.717, 1.165) is 0 Å². The fraction of sp³-hybridized carbons (Fsp3) is 0.529. The van der Waals surface area contributed by atoms with E-state index in [1.165, 1.54) is 6.07 Å². The number of nitrogens with zero attached hydrogens (tertiary/aromatic N) is 5. The van der Waals surface area contributed by atoms with Crippen molar-refractivity contribution in [1.82, 2.24) is 20.2 Å². The van der Waals surface area contributed by atoms with Crippen molar-refractivity contribution < 1.29 is 9.18 Å². The third kappa shape index (κ3) is 3.62. The van der Waals surface area contributed by atoms with Gasteiger partial charge in [-0.1, -0.05) is 37.1 Å². The van der Waals surface area contributed by atoms with E-state index in [2.05, 4.69) is 20.4 Å². The Hall–Kier alpha value is -2.51. The highest BCUT2D eigenvalue weighted by molar-refractivity contribution is 5.76. The molecule has 1 aromatic heterocycles. The minimum absolute atomic E-state index is 0.0876. The summed E-state index contributed by atoms with van der Waals surface area (Å²) in [5.41, 5.74) is 5.54. The van der Waals surface area contributed by atoms with Crippen molar-refractivity contribution >= 4 is 11.9 Å². The maximum Gasteiger partial charge on any atom is 0.245 e. The summed E-state index contributed by atoms with van der Waals surface area (Å²) in [4.78, 5) is 13.4. The molecule has 0 saturated carbocycles. The van der Waals surface area contributed by atoms with Crippen molar-refractivity contribution in [3.05, 3.63) is 35.6 Å². The smallest absolute Gasteiger partial charge is 0.245 e. The van der Waals surface area contributed by atoms with Crippen LogP contribution in [0.5, 0.6) is 0 Å². The highest BCUT2D eigenvalue weighted by Crippen LogP contribution is 2.29. The highest BCUT2D eigenvalue weighted by atomic mass is 19.1. The molecule has 0 bridgehead atoms. The molecule has 1 aliphatic heterocycles. The Morgan fingerprint density at radius 2 is 2.00 bits per heavy atom. The van der Waals surface area contributed by atoms with Crippen LogP contribution in [0.25, 0.3) is 0 Å². The Bertz CT molecular complexity index is 751. The van der Waals surface area contributed by atoms with Crippen LogP contribution in [0.3, 0.4) is 0 Å². The first kappa shape index (κ1) is 17.3. The minimum Gasteiger partial charge on any atom is -0.369 e. The second kappa shape index (κ2) is 6.78. The minimum atomic E-state index is -0.471. The first-order chi connectivity index (χ1) is 11.9. The average molecular weight is 346 g/mol. The fourth-order valence-electron chi connectivity index (χ4n) is 3.36. The number of primary amides is 1. The molecule has 8 heteroatoms. The van der Waals surface area contributed by atoms with Gasteiger partial charge in [-0.15, -0.1) is 0 Å². The lowest BCUT2D eigenvalue weighted by Gasteiger charge is -2.32. The number of carbonyl (C=O) groups excluding carboxylic acids is 1. The molecule has 2 heterocycles. The van der Waals surface area contributed by atoms with E-state index in [0.29, 0.717) is 44.0 Å². The van der Waals surface area contributed by atoms with Gasteiger partial charge >= 0.3 is 0 Å². The molecule has 134 valence electrons. The third-order valence-corrected chi connectivity index (χ3v) is 4.84. The van der Waals surface area contributed by atoms with Crippen LogP contribution in [0.4, 0.5) is 10.3 Å². The van der Waals surface area contributed by atoms with E-state index in [1.54, 1.807) is 16.8 Å². The van der Waals surface area contributed by atoms with Crippen LogP contribution in [0.2, 0.25) is 0 Å². The Balaban J connectivity index is 1.76. The van der Waals surface area contributed by atoms with Gasteiger partial charge in [0.05, 0.1) is 6.54 Å². The van der Waals surface area contributed by atoms with Crippen molar-refractivity contribution in [1.29, 1.82) is 0 Å². The predicted molar refractivity (Wildman–Crippen MR) is 91.4 cm³/mol. The third-order valence-electron chi connectivity index (χ3n) is 4.84. The van der Waals surface area contributed by atoms with Crippen LogP contribution in [0, 0.1) is 11.7 Å². The number of anilines is 1. The predicted octanol–water partition coefficient (Wildman–Crippen LogP) is 1.49. The summed E-state index contributed by atoms with van der Waals surface area (Å²) >= 11 is 0. The lowest BCUT2D eigenvalue weighted by molar-refractivity contribution is -0.122. The summed E-state index contributed by atoms with van der Waals surface area (Å²) in [5.74, 6) is 0.0760. The SMILES string of the molecule is CC(C)(Cn1nnnc1N1CCC(C(N)=O)CC1)c1ccccc1F.